The van der Waals surface area contributed by atoms with Crippen molar-refractivity contribution in [2.45, 2.75) is 0 Å². The lowest BCUT2D eigenvalue weighted by atomic mass is 10.3. The summed E-state index contributed by atoms with van der Waals surface area (Å²) in [7, 11) is 0. The molecular formula is C13H8Cl3NO3S. The van der Waals surface area contributed by atoms with Crippen LogP contribution in [0.15, 0.2) is 29.0 Å². The van der Waals surface area contributed by atoms with Gasteiger partial charge in [0.1, 0.15) is 0 Å². The normalized spacial score (nSPS) is 10.2. The Morgan fingerprint density at radius 3 is 2.52 bits per heavy atom. The summed E-state index contributed by atoms with van der Waals surface area (Å²) in [6.45, 7) is -0.425. The first-order valence-corrected chi connectivity index (χ1v) is 7.69. The summed E-state index contributed by atoms with van der Waals surface area (Å²) in [5.74, 6) is -1.09. The standard InChI is InChI=1S/C13H8Cl3NO3S/c14-8-3-10(16)11(4-9(8)15)17-12(18)5-20-13(19)7-1-2-21-6-7/h1-4,6H,5H2,(H,17,18). The molecular weight excluding hydrogens is 357 g/mol. The van der Waals surface area contributed by atoms with Gasteiger partial charge in [0.15, 0.2) is 6.61 Å². The molecule has 8 heteroatoms. The molecule has 0 atom stereocenters. The fourth-order valence-electron chi connectivity index (χ4n) is 1.40. The number of carbonyl (C=O) groups is 2. The molecule has 0 radical (unpaired) electrons. The van der Waals surface area contributed by atoms with E-state index in [1.54, 1.807) is 16.8 Å². The zero-order chi connectivity index (χ0) is 15.4. The number of nitrogens with one attached hydrogen (secondary N) is 1. The van der Waals surface area contributed by atoms with Crippen molar-refractivity contribution in [3.8, 4) is 0 Å². The monoisotopic (exact) mass is 363 g/mol. The summed E-state index contributed by atoms with van der Waals surface area (Å²) in [4.78, 5) is 23.3. The number of hydrogen-bond donors (Lipinski definition) is 1. The molecule has 1 amide bonds. The van der Waals surface area contributed by atoms with E-state index in [1.807, 2.05) is 0 Å². The SMILES string of the molecule is O=C(COC(=O)c1ccsc1)Nc1cc(Cl)c(Cl)cc1Cl. The van der Waals surface area contributed by atoms with Gasteiger partial charge in [-0.3, -0.25) is 4.79 Å². The predicted molar refractivity (Wildman–Crippen MR) is 84.7 cm³/mol. The van der Waals surface area contributed by atoms with E-state index < -0.39 is 18.5 Å². The molecule has 1 aromatic carbocycles. The molecule has 4 nitrogen and oxygen atoms in total. The molecule has 0 aliphatic heterocycles. The molecule has 1 aromatic heterocycles. The smallest absolute Gasteiger partial charge is 0.339 e. The molecule has 0 fully saturated rings. The summed E-state index contributed by atoms with van der Waals surface area (Å²) >= 11 is 18.9. The maximum atomic E-state index is 11.7. The average Bonchev–Trinajstić information content (AvgIpc) is 2.96. The Kier molecular flexibility index (Phi) is 5.47. The highest BCUT2D eigenvalue weighted by Crippen LogP contribution is 2.32. The molecule has 1 heterocycles. The maximum absolute atomic E-state index is 11.7. The van der Waals surface area contributed by atoms with Crippen molar-refractivity contribution in [3.63, 3.8) is 0 Å². The zero-order valence-electron chi connectivity index (χ0n) is 10.4. The van der Waals surface area contributed by atoms with Gasteiger partial charge in [-0.2, -0.15) is 11.3 Å². The fraction of sp³-hybridized carbons (Fsp3) is 0.0769. The lowest BCUT2D eigenvalue weighted by molar-refractivity contribution is -0.119. The number of amides is 1. The lowest BCUT2D eigenvalue weighted by Crippen LogP contribution is -2.20. The van der Waals surface area contributed by atoms with E-state index in [4.69, 9.17) is 39.5 Å². The van der Waals surface area contributed by atoms with Crippen molar-refractivity contribution in [1.82, 2.24) is 0 Å². The summed E-state index contributed by atoms with van der Waals surface area (Å²) in [5, 5.41) is 6.64. The third-order valence-electron chi connectivity index (χ3n) is 2.38. The maximum Gasteiger partial charge on any atom is 0.339 e. The number of rotatable bonds is 4. The number of anilines is 1. The highest BCUT2D eigenvalue weighted by molar-refractivity contribution is 7.08. The van der Waals surface area contributed by atoms with E-state index in [-0.39, 0.29) is 15.1 Å². The molecule has 0 bridgehead atoms. The minimum atomic E-state index is -0.563. The van der Waals surface area contributed by atoms with Crippen molar-refractivity contribution in [2.24, 2.45) is 0 Å². The van der Waals surface area contributed by atoms with Crippen molar-refractivity contribution < 1.29 is 14.3 Å². The minimum Gasteiger partial charge on any atom is -0.452 e. The second-order valence-corrected chi connectivity index (χ2v) is 5.88. The van der Waals surface area contributed by atoms with Crippen molar-refractivity contribution in [2.75, 3.05) is 11.9 Å². The van der Waals surface area contributed by atoms with Crippen LogP contribution in [0.4, 0.5) is 5.69 Å². The van der Waals surface area contributed by atoms with Gasteiger partial charge in [-0.15, -0.1) is 0 Å². The van der Waals surface area contributed by atoms with Gasteiger partial charge in [-0.05, 0) is 23.6 Å². The van der Waals surface area contributed by atoms with Crippen LogP contribution in [0, 0.1) is 0 Å². The topological polar surface area (TPSA) is 55.4 Å². The number of carbonyl (C=O) groups excluding carboxylic acids is 2. The molecule has 110 valence electrons. The summed E-state index contributed by atoms with van der Waals surface area (Å²) in [5.41, 5.74) is 0.697. The molecule has 1 N–H and O–H groups in total. The Labute approximate surface area is 139 Å². The van der Waals surface area contributed by atoms with Crippen LogP contribution < -0.4 is 5.32 Å². The lowest BCUT2D eigenvalue weighted by Gasteiger charge is -2.09. The average molecular weight is 365 g/mol. The van der Waals surface area contributed by atoms with Crippen molar-refractivity contribution in [1.29, 1.82) is 0 Å². The molecule has 2 aromatic rings. The van der Waals surface area contributed by atoms with E-state index in [2.05, 4.69) is 5.32 Å². The van der Waals surface area contributed by atoms with Crippen LogP contribution in [0.1, 0.15) is 10.4 Å². The highest BCUT2D eigenvalue weighted by atomic mass is 35.5. The molecule has 0 spiro atoms. The van der Waals surface area contributed by atoms with Crippen molar-refractivity contribution >= 4 is 63.7 Å². The number of ether oxygens (including phenoxy) is 1. The largest absolute Gasteiger partial charge is 0.452 e. The summed E-state index contributed by atoms with van der Waals surface area (Å²) in [6, 6.07) is 4.45. The summed E-state index contributed by atoms with van der Waals surface area (Å²) in [6.07, 6.45) is 0. The van der Waals surface area contributed by atoms with E-state index in [0.717, 1.165) is 0 Å². The van der Waals surface area contributed by atoms with Crippen molar-refractivity contribution in [3.05, 3.63) is 49.6 Å². The highest BCUT2D eigenvalue weighted by Gasteiger charge is 2.13. The second kappa shape index (κ2) is 7.13. The van der Waals surface area contributed by atoms with E-state index >= 15 is 0 Å². The van der Waals surface area contributed by atoms with E-state index in [1.165, 1.54) is 23.5 Å². The number of esters is 1. The van der Waals surface area contributed by atoms with Crippen LogP contribution in [0.5, 0.6) is 0 Å². The number of benzene rings is 1. The molecule has 0 aliphatic rings. The van der Waals surface area contributed by atoms with E-state index in [9.17, 15) is 9.59 Å². The molecule has 0 saturated carbocycles. The minimum absolute atomic E-state index is 0.238. The third-order valence-corrected chi connectivity index (χ3v) is 4.09. The molecule has 0 unspecified atom stereocenters. The first kappa shape index (κ1) is 16.1. The van der Waals surface area contributed by atoms with Gasteiger partial charge < -0.3 is 10.1 Å². The molecule has 0 saturated heterocycles. The Balaban J connectivity index is 1.93. The van der Waals surface area contributed by atoms with Gasteiger partial charge in [0.05, 0.1) is 26.3 Å². The van der Waals surface area contributed by atoms with Gasteiger partial charge in [-0.25, -0.2) is 4.79 Å². The van der Waals surface area contributed by atoms with Crippen LogP contribution in [-0.2, 0) is 9.53 Å². The third kappa shape index (κ3) is 4.35. The number of thiophene rings is 1. The fourth-order valence-corrected chi connectivity index (χ4v) is 2.62. The summed E-state index contributed by atoms with van der Waals surface area (Å²) < 4.78 is 4.87. The van der Waals surface area contributed by atoms with Crippen LogP contribution >= 0.6 is 46.1 Å². The predicted octanol–water partition coefficient (Wildman–Crippen LogP) is 4.50. The first-order valence-electron chi connectivity index (χ1n) is 5.61. The van der Waals surface area contributed by atoms with Crippen LogP contribution in [0.25, 0.3) is 0 Å². The molecule has 21 heavy (non-hydrogen) atoms. The Morgan fingerprint density at radius 1 is 1.14 bits per heavy atom. The number of hydrogen-bond acceptors (Lipinski definition) is 4. The van der Waals surface area contributed by atoms with Crippen LogP contribution in [0.2, 0.25) is 15.1 Å². The zero-order valence-corrected chi connectivity index (χ0v) is 13.4. The van der Waals surface area contributed by atoms with Crippen LogP contribution in [0.3, 0.4) is 0 Å². The molecule has 2 rings (SSSR count). The Bertz CT molecular complexity index is 674. The van der Waals surface area contributed by atoms with Gasteiger partial charge in [-0.1, -0.05) is 34.8 Å². The first-order chi connectivity index (χ1) is 9.97. The van der Waals surface area contributed by atoms with Gasteiger partial charge in [0.25, 0.3) is 5.91 Å². The Hall–Kier alpha value is -1.27. The van der Waals surface area contributed by atoms with Gasteiger partial charge in [0.2, 0.25) is 0 Å². The second-order valence-electron chi connectivity index (χ2n) is 3.88. The van der Waals surface area contributed by atoms with E-state index in [0.29, 0.717) is 11.3 Å². The van der Waals surface area contributed by atoms with Gasteiger partial charge >= 0.3 is 5.97 Å². The van der Waals surface area contributed by atoms with Gasteiger partial charge in [0, 0.05) is 5.38 Å². The van der Waals surface area contributed by atoms with Crippen LogP contribution in [-0.4, -0.2) is 18.5 Å². The molecule has 0 aliphatic carbocycles. The Morgan fingerprint density at radius 2 is 1.86 bits per heavy atom. The number of halogens is 3. The quantitative estimate of drug-likeness (QED) is 0.642.